The quantitative estimate of drug-likeness (QED) is 0.772. The third-order valence-electron chi connectivity index (χ3n) is 6.10. The van der Waals surface area contributed by atoms with E-state index in [0.717, 1.165) is 25.7 Å². The smallest absolute Gasteiger partial charge is 0.251 e. The van der Waals surface area contributed by atoms with Crippen molar-refractivity contribution in [1.82, 2.24) is 5.32 Å². The second-order valence-electron chi connectivity index (χ2n) is 7.97. The number of hydrogen-bond acceptors (Lipinski definition) is 3. The molecule has 2 aromatic carbocycles. The van der Waals surface area contributed by atoms with Crippen molar-refractivity contribution >= 4 is 33.2 Å². The van der Waals surface area contributed by atoms with Gasteiger partial charge in [-0.2, -0.15) is 0 Å². The Morgan fingerprint density at radius 3 is 2.45 bits per heavy atom. The van der Waals surface area contributed by atoms with E-state index in [4.69, 9.17) is 11.6 Å². The van der Waals surface area contributed by atoms with Gasteiger partial charge in [0.15, 0.2) is 0 Å². The van der Waals surface area contributed by atoms with Gasteiger partial charge in [0.05, 0.1) is 11.4 Å². The molecule has 0 bridgehead atoms. The van der Waals surface area contributed by atoms with Crippen LogP contribution in [0.25, 0.3) is 0 Å². The zero-order valence-electron chi connectivity index (χ0n) is 16.2. The molecular weight excluding hydrogens is 408 g/mol. The Morgan fingerprint density at radius 1 is 1.07 bits per heavy atom. The summed E-state index contributed by atoms with van der Waals surface area (Å²) in [6, 6.07) is 14.8. The van der Waals surface area contributed by atoms with E-state index in [1.807, 2.05) is 12.1 Å². The topological polar surface area (TPSA) is 66.5 Å². The molecule has 1 amide bonds. The Hall–Kier alpha value is -2.05. The lowest BCUT2D eigenvalue weighted by molar-refractivity contribution is 0.0943. The lowest BCUT2D eigenvalue weighted by Crippen LogP contribution is -2.39. The normalized spacial score (nSPS) is 20.0. The minimum absolute atomic E-state index is 0.0733. The first-order valence-electron chi connectivity index (χ1n) is 10.0. The highest BCUT2D eigenvalue weighted by Gasteiger charge is 2.36. The van der Waals surface area contributed by atoms with Crippen LogP contribution in [0.15, 0.2) is 48.5 Å². The summed E-state index contributed by atoms with van der Waals surface area (Å²) in [5.41, 5.74) is 2.17. The minimum Gasteiger partial charge on any atom is -0.351 e. The highest BCUT2D eigenvalue weighted by Crippen LogP contribution is 2.41. The van der Waals surface area contributed by atoms with Gasteiger partial charge in [0.2, 0.25) is 10.0 Å². The summed E-state index contributed by atoms with van der Waals surface area (Å²) in [5, 5.41) is 3.80. The van der Waals surface area contributed by atoms with E-state index in [2.05, 4.69) is 17.4 Å². The van der Waals surface area contributed by atoms with Crippen LogP contribution in [0.1, 0.15) is 48.0 Å². The molecule has 1 aliphatic carbocycles. The maximum atomic E-state index is 12.9. The van der Waals surface area contributed by atoms with Crippen LogP contribution in [0.3, 0.4) is 0 Å². The van der Waals surface area contributed by atoms with Gasteiger partial charge in [-0.05, 0) is 55.2 Å². The molecular formula is C22H25ClN2O3S. The molecule has 2 fully saturated rings. The van der Waals surface area contributed by atoms with E-state index in [9.17, 15) is 13.2 Å². The number of carbonyl (C=O) groups excluding carboxylic acids is 1. The largest absolute Gasteiger partial charge is 0.351 e. The van der Waals surface area contributed by atoms with Crippen molar-refractivity contribution < 1.29 is 13.2 Å². The van der Waals surface area contributed by atoms with Gasteiger partial charge in [-0.25, -0.2) is 8.42 Å². The molecule has 0 aromatic heterocycles. The first kappa shape index (κ1) is 20.2. The van der Waals surface area contributed by atoms with Crippen LogP contribution in [-0.2, 0) is 15.4 Å². The molecule has 7 heteroatoms. The average Bonchev–Trinajstić information content (AvgIpc) is 3.33. The number of hydrogen-bond donors (Lipinski definition) is 1. The van der Waals surface area contributed by atoms with Gasteiger partial charge in [-0.15, -0.1) is 0 Å². The maximum absolute atomic E-state index is 12.9. The molecule has 29 heavy (non-hydrogen) atoms. The van der Waals surface area contributed by atoms with Crippen molar-refractivity contribution in [2.45, 2.75) is 37.5 Å². The molecule has 0 radical (unpaired) electrons. The summed E-state index contributed by atoms with van der Waals surface area (Å²) in [7, 11) is -3.27. The van der Waals surface area contributed by atoms with Crippen molar-refractivity contribution in [2.75, 3.05) is 23.1 Å². The van der Waals surface area contributed by atoms with E-state index < -0.39 is 10.0 Å². The van der Waals surface area contributed by atoms with Gasteiger partial charge in [0.1, 0.15) is 0 Å². The van der Waals surface area contributed by atoms with Crippen molar-refractivity contribution in [2.24, 2.45) is 0 Å². The number of carbonyl (C=O) groups is 1. The summed E-state index contributed by atoms with van der Waals surface area (Å²) in [5.74, 6) is -0.0174. The lowest BCUT2D eigenvalue weighted by atomic mass is 9.79. The zero-order valence-corrected chi connectivity index (χ0v) is 17.8. The van der Waals surface area contributed by atoms with Crippen LogP contribution in [0, 0.1) is 0 Å². The molecule has 0 spiro atoms. The van der Waals surface area contributed by atoms with Crippen LogP contribution < -0.4 is 9.62 Å². The SMILES string of the molecule is O=C(NCC1(c2ccc(Cl)cc2)CCCC1)c1cccc(N2CCCS2(=O)=O)c1. The number of anilines is 1. The van der Waals surface area contributed by atoms with Gasteiger partial charge in [-0.3, -0.25) is 9.10 Å². The number of nitrogens with one attached hydrogen (secondary N) is 1. The third-order valence-corrected chi connectivity index (χ3v) is 8.22. The minimum atomic E-state index is -3.27. The Kier molecular flexibility index (Phi) is 5.58. The third kappa shape index (κ3) is 4.14. The highest BCUT2D eigenvalue weighted by atomic mass is 35.5. The van der Waals surface area contributed by atoms with Crippen molar-refractivity contribution in [3.8, 4) is 0 Å². The van der Waals surface area contributed by atoms with E-state index >= 15 is 0 Å². The van der Waals surface area contributed by atoms with Gasteiger partial charge in [-0.1, -0.05) is 42.6 Å². The fourth-order valence-corrected chi connectivity index (χ4v) is 6.19. The molecule has 2 aliphatic rings. The Bertz CT molecular complexity index is 999. The Morgan fingerprint density at radius 2 is 1.79 bits per heavy atom. The molecule has 1 N–H and O–H groups in total. The maximum Gasteiger partial charge on any atom is 0.251 e. The number of amides is 1. The van der Waals surface area contributed by atoms with E-state index in [-0.39, 0.29) is 17.1 Å². The molecule has 1 saturated heterocycles. The van der Waals surface area contributed by atoms with Crippen LogP contribution >= 0.6 is 11.6 Å². The molecule has 2 aromatic rings. The number of benzene rings is 2. The van der Waals surface area contributed by atoms with Crippen LogP contribution in [0.2, 0.25) is 5.02 Å². The number of sulfonamides is 1. The number of halogens is 1. The molecule has 0 unspecified atom stereocenters. The van der Waals surface area contributed by atoms with Crippen molar-refractivity contribution in [3.05, 3.63) is 64.7 Å². The first-order valence-corrected chi connectivity index (χ1v) is 12.0. The summed E-state index contributed by atoms with van der Waals surface area (Å²) in [6.07, 6.45) is 4.95. The fraction of sp³-hybridized carbons (Fsp3) is 0.409. The van der Waals surface area contributed by atoms with E-state index in [1.165, 1.54) is 9.87 Å². The predicted molar refractivity (Wildman–Crippen MR) is 116 cm³/mol. The molecule has 0 atom stereocenters. The Balaban J connectivity index is 1.50. The highest BCUT2D eigenvalue weighted by molar-refractivity contribution is 7.93. The summed E-state index contributed by atoms with van der Waals surface area (Å²) in [4.78, 5) is 12.9. The fourth-order valence-electron chi connectivity index (χ4n) is 4.51. The van der Waals surface area contributed by atoms with Crippen LogP contribution in [0.4, 0.5) is 5.69 Å². The summed E-state index contributed by atoms with van der Waals surface area (Å²) in [6.45, 7) is 1.02. The van der Waals surface area contributed by atoms with Crippen molar-refractivity contribution in [1.29, 1.82) is 0 Å². The summed E-state index contributed by atoms with van der Waals surface area (Å²) >= 11 is 6.04. The Labute approximate surface area is 177 Å². The molecule has 5 nitrogen and oxygen atoms in total. The monoisotopic (exact) mass is 432 g/mol. The van der Waals surface area contributed by atoms with Gasteiger partial charge in [0, 0.05) is 29.1 Å². The van der Waals surface area contributed by atoms with Crippen LogP contribution in [0.5, 0.6) is 0 Å². The van der Waals surface area contributed by atoms with Gasteiger partial charge in [0.25, 0.3) is 5.91 Å². The molecule has 4 rings (SSSR count). The van der Waals surface area contributed by atoms with Crippen LogP contribution in [-0.4, -0.2) is 33.2 Å². The van der Waals surface area contributed by atoms with E-state index in [0.29, 0.717) is 35.8 Å². The second kappa shape index (κ2) is 8.00. The molecule has 1 saturated carbocycles. The average molecular weight is 433 g/mol. The lowest BCUT2D eigenvalue weighted by Gasteiger charge is -2.30. The molecule has 154 valence electrons. The predicted octanol–water partition coefficient (Wildman–Crippen LogP) is 4.12. The summed E-state index contributed by atoms with van der Waals surface area (Å²) < 4.78 is 25.8. The zero-order chi connectivity index (χ0) is 20.5. The first-order chi connectivity index (χ1) is 13.9. The molecule has 1 heterocycles. The van der Waals surface area contributed by atoms with E-state index in [1.54, 1.807) is 24.3 Å². The van der Waals surface area contributed by atoms with Crippen molar-refractivity contribution in [3.63, 3.8) is 0 Å². The van der Waals surface area contributed by atoms with Gasteiger partial charge >= 0.3 is 0 Å². The number of nitrogens with zero attached hydrogens (tertiary/aromatic N) is 1. The van der Waals surface area contributed by atoms with Gasteiger partial charge < -0.3 is 5.32 Å². The standard InChI is InChI=1S/C22H25ClN2O3S/c23-19-9-7-18(8-10-19)22(11-1-2-12-22)16-24-21(26)17-5-3-6-20(15-17)25-13-4-14-29(25,27)28/h3,5-10,15H,1-2,4,11-14,16H2,(H,24,26). The number of rotatable bonds is 5. The molecule has 1 aliphatic heterocycles. The second-order valence-corrected chi connectivity index (χ2v) is 10.4.